The van der Waals surface area contributed by atoms with E-state index in [9.17, 15) is 14.4 Å². The highest BCUT2D eigenvalue weighted by atomic mass is 16.2. The Morgan fingerprint density at radius 2 is 1.94 bits per heavy atom. The lowest BCUT2D eigenvalue weighted by Crippen LogP contribution is -2.48. The van der Waals surface area contributed by atoms with Crippen molar-refractivity contribution in [2.75, 3.05) is 13.1 Å². The molecule has 3 amide bonds. The van der Waals surface area contributed by atoms with E-state index >= 15 is 0 Å². The lowest BCUT2D eigenvalue weighted by molar-refractivity contribution is -0.132. The molecule has 0 aromatic rings. The van der Waals surface area contributed by atoms with E-state index < -0.39 is 23.6 Å². The Morgan fingerprint density at radius 1 is 1.31 bits per heavy atom. The minimum atomic E-state index is -0.536. The van der Waals surface area contributed by atoms with Crippen molar-refractivity contribution in [3.63, 3.8) is 0 Å². The predicted octanol–water partition coefficient (Wildman–Crippen LogP) is -1.47. The van der Waals surface area contributed by atoms with Gasteiger partial charge in [0.1, 0.15) is 0 Å². The first-order valence-corrected chi connectivity index (χ1v) is 5.02. The molecule has 1 saturated heterocycles. The summed E-state index contributed by atoms with van der Waals surface area (Å²) in [7, 11) is 0. The molecule has 1 heterocycles. The summed E-state index contributed by atoms with van der Waals surface area (Å²) in [5.41, 5.74) is 5.16. The molecule has 0 aliphatic carbocycles. The maximum Gasteiger partial charge on any atom is 0.249 e. The second kappa shape index (κ2) is 5.41. The number of carbonyl (C=O) groups excluding carboxylic acids is 3. The van der Waals surface area contributed by atoms with Gasteiger partial charge in [0, 0.05) is 13.1 Å². The SMILES string of the molecule is C=CC(=O)NC(=O)C1CNCC(C(N)=O)C1. The summed E-state index contributed by atoms with van der Waals surface area (Å²) < 4.78 is 0. The van der Waals surface area contributed by atoms with Crippen LogP contribution >= 0.6 is 0 Å². The van der Waals surface area contributed by atoms with Gasteiger partial charge in [-0.15, -0.1) is 0 Å². The van der Waals surface area contributed by atoms with Gasteiger partial charge in [-0.1, -0.05) is 6.58 Å². The van der Waals surface area contributed by atoms with Crippen LogP contribution in [0.3, 0.4) is 0 Å². The highest BCUT2D eigenvalue weighted by molar-refractivity contribution is 6.01. The Kier molecular flexibility index (Phi) is 4.19. The fourth-order valence-corrected chi connectivity index (χ4v) is 1.63. The van der Waals surface area contributed by atoms with Crippen molar-refractivity contribution in [2.24, 2.45) is 17.6 Å². The van der Waals surface area contributed by atoms with Crippen molar-refractivity contribution in [3.8, 4) is 0 Å². The lowest BCUT2D eigenvalue weighted by atomic mass is 9.89. The van der Waals surface area contributed by atoms with Crippen LogP contribution in [0.15, 0.2) is 12.7 Å². The Labute approximate surface area is 93.3 Å². The maximum absolute atomic E-state index is 11.6. The van der Waals surface area contributed by atoms with Crippen molar-refractivity contribution in [1.29, 1.82) is 0 Å². The van der Waals surface area contributed by atoms with Gasteiger partial charge in [0.25, 0.3) is 0 Å². The zero-order valence-electron chi connectivity index (χ0n) is 8.86. The maximum atomic E-state index is 11.6. The molecule has 2 unspecified atom stereocenters. The van der Waals surface area contributed by atoms with Gasteiger partial charge in [-0.25, -0.2) is 0 Å². The molecule has 0 aromatic carbocycles. The molecule has 88 valence electrons. The summed E-state index contributed by atoms with van der Waals surface area (Å²) in [5, 5.41) is 5.11. The zero-order valence-corrected chi connectivity index (χ0v) is 8.86. The summed E-state index contributed by atoms with van der Waals surface area (Å²) in [4.78, 5) is 33.5. The molecule has 2 atom stereocenters. The number of amides is 3. The Hall–Kier alpha value is -1.69. The zero-order chi connectivity index (χ0) is 12.1. The molecule has 0 aromatic heterocycles. The van der Waals surface area contributed by atoms with Crippen LogP contribution in [0.25, 0.3) is 0 Å². The summed E-state index contributed by atoms with van der Waals surface area (Å²) in [6.07, 6.45) is 1.40. The van der Waals surface area contributed by atoms with Crippen LogP contribution in [0.5, 0.6) is 0 Å². The summed E-state index contributed by atoms with van der Waals surface area (Å²) in [5.74, 6) is -2.13. The third kappa shape index (κ3) is 3.16. The monoisotopic (exact) mass is 225 g/mol. The average molecular weight is 225 g/mol. The fraction of sp³-hybridized carbons (Fsp3) is 0.500. The first-order valence-electron chi connectivity index (χ1n) is 5.02. The molecule has 4 N–H and O–H groups in total. The average Bonchev–Trinajstić information content (AvgIpc) is 2.28. The number of rotatable bonds is 3. The number of hydrogen-bond acceptors (Lipinski definition) is 4. The molecule has 6 nitrogen and oxygen atoms in total. The van der Waals surface area contributed by atoms with E-state index in [2.05, 4.69) is 17.2 Å². The van der Waals surface area contributed by atoms with Gasteiger partial charge < -0.3 is 11.1 Å². The molecule has 0 spiro atoms. The van der Waals surface area contributed by atoms with Crippen molar-refractivity contribution in [3.05, 3.63) is 12.7 Å². The van der Waals surface area contributed by atoms with Crippen LogP contribution in [0.4, 0.5) is 0 Å². The molecular formula is C10H15N3O3. The van der Waals surface area contributed by atoms with Gasteiger partial charge in [0.15, 0.2) is 0 Å². The van der Waals surface area contributed by atoms with E-state index in [1.54, 1.807) is 0 Å². The fourth-order valence-electron chi connectivity index (χ4n) is 1.63. The second-order valence-corrected chi connectivity index (χ2v) is 3.75. The van der Waals surface area contributed by atoms with E-state index in [1.165, 1.54) is 0 Å². The van der Waals surface area contributed by atoms with Crippen molar-refractivity contribution in [2.45, 2.75) is 6.42 Å². The van der Waals surface area contributed by atoms with E-state index in [0.29, 0.717) is 19.5 Å². The number of imide groups is 1. The smallest absolute Gasteiger partial charge is 0.249 e. The van der Waals surface area contributed by atoms with E-state index in [0.717, 1.165) is 6.08 Å². The Bertz CT molecular complexity index is 327. The molecular weight excluding hydrogens is 210 g/mol. The molecule has 1 aliphatic rings. The highest BCUT2D eigenvalue weighted by Gasteiger charge is 2.30. The lowest BCUT2D eigenvalue weighted by Gasteiger charge is -2.26. The number of nitrogens with two attached hydrogens (primary N) is 1. The molecule has 0 radical (unpaired) electrons. The summed E-state index contributed by atoms with van der Waals surface area (Å²) in [6, 6.07) is 0. The van der Waals surface area contributed by atoms with Crippen LogP contribution in [-0.2, 0) is 14.4 Å². The number of hydrogen-bond donors (Lipinski definition) is 3. The number of carbonyl (C=O) groups is 3. The normalized spacial score (nSPS) is 24.5. The van der Waals surface area contributed by atoms with Crippen molar-refractivity contribution >= 4 is 17.7 Å². The van der Waals surface area contributed by atoms with Crippen molar-refractivity contribution < 1.29 is 14.4 Å². The van der Waals surface area contributed by atoms with Crippen LogP contribution in [0.2, 0.25) is 0 Å². The topological polar surface area (TPSA) is 101 Å². The first-order chi connectivity index (χ1) is 7.54. The van der Waals surface area contributed by atoms with Crippen molar-refractivity contribution in [1.82, 2.24) is 10.6 Å². The van der Waals surface area contributed by atoms with Crippen LogP contribution in [0.1, 0.15) is 6.42 Å². The molecule has 16 heavy (non-hydrogen) atoms. The summed E-state index contributed by atoms with van der Waals surface area (Å²) >= 11 is 0. The van der Waals surface area contributed by atoms with Gasteiger partial charge in [0.2, 0.25) is 17.7 Å². The first kappa shape index (κ1) is 12.4. The van der Waals surface area contributed by atoms with E-state index in [-0.39, 0.29) is 5.92 Å². The third-order valence-electron chi connectivity index (χ3n) is 2.56. The molecule has 0 bridgehead atoms. The molecule has 1 rings (SSSR count). The van der Waals surface area contributed by atoms with Gasteiger partial charge >= 0.3 is 0 Å². The van der Waals surface area contributed by atoms with Gasteiger partial charge in [-0.05, 0) is 12.5 Å². The molecule has 0 saturated carbocycles. The largest absolute Gasteiger partial charge is 0.369 e. The number of piperidine rings is 1. The standard InChI is InChI=1S/C10H15N3O3/c1-2-8(14)13-10(16)7-3-6(9(11)15)4-12-5-7/h2,6-7,12H,1,3-5H2,(H2,11,15)(H,13,14,16). The number of nitrogens with one attached hydrogen (secondary N) is 2. The molecule has 1 fully saturated rings. The van der Waals surface area contributed by atoms with Crippen LogP contribution in [0, 0.1) is 11.8 Å². The highest BCUT2D eigenvalue weighted by Crippen LogP contribution is 2.16. The van der Waals surface area contributed by atoms with E-state index in [4.69, 9.17) is 5.73 Å². The number of primary amides is 1. The molecule has 6 heteroatoms. The van der Waals surface area contributed by atoms with E-state index in [1.807, 2.05) is 0 Å². The minimum Gasteiger partial charge on any atom is -0.369 e. The van der Waals surface area contributed by atoms with Crippen LogP contribution in [-0.4, -0.2) is 30.8 Å². The van der Waals surface area contributed by atoms with Gasteiger partial charge in [-0.3, -0.25) is 19.7 Å². The van der Waals surface area contributed by atoms with Gasteiger partial charge in [-0.2, -0.15) is 0 Å². The Balaban J connectivity index is 2.53. The minimum absolute atomic E-state index is 0.358. The van der Waals surface area contributed by atoms with Gasteiger partial charge in [0.05, 0.1) is 11.8 Å². The van der Waals surface area contributed by atoms with Crippen LogP contribution < -0.4 is 16.4 Å². The molecule has 1 aliphatic heterocycles. The Morgan fingerprint density at radius 3 is 2.50 bits per heavy atom. The quantitative estimate of drug-likeness (QED) is 0.510. The second-order valence-electron chi connectivity index (χ2n) is 3.75. The third-order valence-corrected chi connectivity index (χ3v) is 2.56. The summed E-state index contributed by atoms with van der Waals surface area (Å²) in [6.45, 7) is 4.17. The predicted molar refractivity (Wildman–Crippen MR) is 57.0 cm³/mol.